The number of hydrogen-bond acceptors (Lipinski definition) is 3. The highest BCUT2D eigenvalue weighted by molar-refractivity contribution is 7.91. The van der Waals surface area contributed by atoms with E-state index in [4.69, 9.17) is 5.73 Å². The number of benzene rings is 2. The van der Waals surface area contributed by atoms with Crippen molar-refractivity contribution in [3.8, 4) is 0 Å². The van der Waals surface area contributed by atoms with Crippen LogP contribution in [0.5, 0.6) is 0 Å². The maximum atomic E-state index is 12.3. The summed E-state index contributed by atoms with van der Waals surface area (Å²) in [6.07, 6.45) is 1.81. The van der Waals surface area contributed by atoms with Gasteiger partial charge in [0.25, 0.3) is 0 Å². The van der Waals surface area contributed by atoms with Gasteiger partial charge in [-0.05, 0) is 35.7 Å². The van der Waals surface area contributed by atoms with Crippen molar-refractivity contribution in [3.05, 3.63) is 59.7 Å². The van der Waals surface area contributed by atoms with E-state index in [1.807, 2.05) is 18.2 Å². The molecule has 2 aromatic rings. The summed E-state index contributed by atoms with van der Waals surface area (Å²) in [4.78, 5) is 0. The number of hydrogen-bond donors (Lipinski definition) is 2. The Morgan fingerprint density at radius 3 is 2.57 bits per heavy atom. The third-order valence-corrected chi connectivity index (χ3v) is 4.35. The van der Waals surface area contributed by atoms with E-state index in [-0.39, 0.29) is 5.75 Å². The third-order valence-electron chi connectivity index (χ3n) is 3.11. The summed E-state index contributed by atoms with van der Waals surface area (Å²) in [5.74, 6) is -0.0848. The SMILES string of the molecule is CCCc1ccccc1NS(=O)(=O)Cc1cccc(N)c1. The van der Waals surface area contributed by atoms with Crippen LogP contribution in [0.15, 0.2) is 48.5 Å². The van der Waals surface area contributed by atoms with E-state index < -0.39 is 10.0 Å². The van der Waals surface area contributed by atoms with Crippen molar-refractivity contribution in [2.24, 2.45) is 0 Å². The van der Waals surface area contributed by atoms with Crippen molar-refractivity contribution in [2.45, 2.75) is 25.5 Å². The largest absolute Gasteiger partial charge is 0.399 e. The van der Waals surface area contributed by atoms with Gasteiger partial charge in [-0.2, -0.15) is 0 Å². The maximum absolute atomic E-state index is 12.3. The fraction of sp³-hybridized carbons (Fsp3) is 0.250. The van der Waals surface area contributed by atoms with Gasteiger partial charge < -0.3 is 5.73 Å². The lowest BCUT2D eigenvalue weighted by Crippen LogP contribution is -2.16. The number of sulfonamides is 1. The van der Waals surface area contributed by atoms with Crippen molar-refractivity contribution >= 4 is 21.4 Å². The molecule has 0 amide bonds. The minimum Gasteiger partial charge on any atom is -0.399 e. The standard InChI is InChI=1S/C16H20N2O2S/c1-2-6-14-8-3-4-10-16(14)18-21(19,20)12-13-7-5-9-15(17)11-13/h3-5,7-11,18H,2,6,12,17H2,1H3. The van der Waals surface area contributed by atoms with Crippen LogP contribution in [-0.2, 0) is 22.2 Å². The van der Waals surface area contributed by atoms with Crippen LogP contribution in [0, 0.1) is 0 Å². The number of nitrogens with one attached hydrogen (secondary N) is 1. The molecule has 0 bridgehead atoms. The Balaban J connectivity index is 2.18. The molecule has 0 atom stereocenters. The van der Waals surface area contributed by atoms with Crippen molar-refractivity contribution in [1.82, 2.24) is 0 Å². The quantitative estimate of drug-likeness (QED) is 0.805. The molecule has 0 saturated carbocycles. The van der Waals surface area contributed by atoms with Gasteiger partial charge in [-0.25, -0.2) is 8.42 Å². The summed E-state index contributed by atoms with van der Waals surface area (Å²) in [6.45, 7) is 2.07. The first-order valence-electron chi connectivity index (χ1n) is 6.93. The van der Waals surface area contributed by atoms with E-state index in [1.165, 1.54) is 0 Å². The average molecular weight is 304 g/mol. The van der Waals surface area contributed by atoms with Gasteiger partial charge in [0, 0.05) is 5.69 Å². The van der Waals surface area contributed by atoms with Crippen LogP contribution in [0.25, 0.3) is 0 Å². The second-order valence-electron chi connectivity index (χ2n) is 5.01. The van der Waals surface area contributed by atoms with Crippen molar-refractivity contribution < 1.29 is 8.42 Å². The zero-order valence-corrected chi connectivity index (χ0v) is 12.9. The number of anilines is 2. The Kier molecular flexibility index (Phi) is 4.85. The van der Waals surface area contributed by atoms with E-state index in [0.29, 0.717) is 16.9 Å². The second kappa shape index (κ2) is 6.63. The third kappa shape index (κ3) is 4.49. The molecule has 0 aliphatic rings. The van der Waals surface area contributed by atoms with Gasteiger partial charge in [0.2, 0.25) is 10.0 Å². The molecule has 112 valence electrons. The lowest BCUT2D eigenvalue weighted by molar-refractivity contribution is 0.600. The molecule has 0 saturated heterocycles. The molecule has 0 unspecified atom stereocenters. The van der Waals surface area contributed by atoms with Crippen LogP contribution in [0.3, 0.4) is 0 Å². The van der Waals surface area contributed by atoms with Gasteiger partial charge in [0.1, 0.15) is 0 Å². The molecule has 2 aromatic carbocycles. The molecule has 0 aliphatic heterocycles. The van der Waals surface area contributed by atoms with Crippen molar-refractivity contribution in [2.75, 3.05) is 10.5 Å². The van der Waals surface area contributed by atoms with Gasteiger partial charge in [0.15, 0.2) is 0 Å². The predicted molar refractivity (Wildman–Crippen MR) is 87.5 cm³/mol. The molecule has 0 aliphatic carbocycles. The van der Waals surface area contributed by atoms with Crippen molar-refractivity contribution in [3.63, 3.8) is 0 Å². The topological polar surface area (TPSA) is 72.2 Å². The van der Waals surface area contributed by atoms with Crippen LogP contribution in [-0.4, -0.2) is 8.42 Å². The van der Waals surface area contributed by atoms with Crippen LogP contribution >= 0.6 is 0 Å². The Hall–Kier alpha value is -2.01. The predicted octanol–water partition coefficient (Wildman–Crippen LogP) is 3.16. The molecule has 5 heteroatoms. The first-order valence-corrected chi connectivity index (χ1v) is 8.58. The highest BCUT2D eigenvalue weighted by Crippen LogP contribution is 2.20. The first-order chi connectivity index (χ1) is 10.00. The summed E-state index contributed by atoms with van der Waals surface area (Å²) in [5, 5.41) is 0. The van der Waals surface area contributed by atoms with E-state index in [1.54, 1.807) is 30.3 Å². The summed E-state index contributed by atoms with van der Waals surface area (Å²) in [6, 6.07) is 14.4. The summed E-state index contributed by atoms with van der Waals surface area (Å²) >= 11 is 0. The van der Waals surface area contributed by atoms with Gasteiger partial charge in [-0.3, -0.25) is 4.72 Å². The highest BCUT2D eigenvalue weighted by atomic mass is 32.2. The number of nitrogen functional groups attached to an aromatic ring is 1. The Morgan fingerprint density at radius 2 is 1.86 bits per heavy atom. The van der Waals surface area contributed by atoms with Crippen LogP contribution in [0.4, 0.5) is 11.4 Å². The molecule has 0 spiro atoms. The van der Waals surface area contributed by atoms with Gasteiger partial charge in [0.05, 0.1) is 11.4 Å². The molecule has 0 fully saturated rings. The zero-order valence-electron chi connectivity index (χ0n) is 12.0. The maximum Gasteiger partial charge on any atom is 0.236 e. The van der Waals surface area contributed by atoms with Crippen LogP contribution in [0.1, 0.15) is 24.5 Å². The van der Waals surface area contributed by atoms with E-state index in [0.717, 1.165) is 18.4 Å². The lowest BCUT2D eigenvalue weighted by atomic mass is 10.1. The number of rotatable bonds is 6. The number of aryl methyl sites for hydroxylation is 1. The summed E-state index contributed by atoms with van der Waals surface area (Å²) < 4.78 is 27.2. The fourth-order valence-electron chi connectivity index (χ4n) is 2.21. The van der Waals surface area contributed by atoms with Crippen LogP contribution in [0.2, 0.25) is 0 Å². The molecule has 0 aromatic heterocycles. The first kappa shape index (κ1) is 15.4. The molecule has 2 rings (SSSR count). The van der Waals surface area contributed by atoms with Crippen molar-refractivity contribution in [1.29, 1.82) is 0 Å². The molecule has 0 heterocycles. The highest BCUT2D eigenvalue weighted by Gasteiger charge is 2.13. The molecule has 3 N–H and O–H groups in total. The summed E-state index contributed by atoms with van der Waals surface area (Å²) in [7, 11) is -3.45. The Morgan fingerprint density at radius 1 is 1.10 bits per heavy atom. The molecule has 21 heavy (non-hydrogen) atoms. The van der Waals surface area contributed by atoms with Gasteiger partial charge in [-0.15, -0.1) is 0 Å². The van der Waals surface area contributed by atoms with Gasteiger partial charge in [-0.1, -0.05) is 43.7 Å². The lowest BCUT2D eigenvalue weighted by Gasteiger charge is -2.12. The Labute approximate surface area is 126 Å². The molecule has 4 nitrogen and oxygen atoms in total. The minimum absolute atomic E-state index is 0.0848. The van der Waals surface area contributed by atoms with E-state index in [9.17, 15) is 8.42 Å². The Bertz CT molecular complexity index is 712. The van der Waals surface area contributed by atoms with E-state index in [2.05, 4.69) is 11.6 Å². The fourth-order valence-corrected chi connectivity index (χ4v) is 3.44. The average Bonchev–Trinajstić information content (AvgIpc) is 2.40. The normalized spacial score (nSPS) is 11.3. The number of nitrogens with two attached hydrogens (primary N) is 1. The molecular weight excluding hydrogens is 284 g/mol. The summed E-state index contributed by atoms with van der Waals surface area (Å²) in [5.41, 5.74) is 8.58. The van der Waals surface area contributed by atoms with Gasteiger partial charge >= 0.3 is 0 Å². The monoisotopic (exact) mass is 304 g/mol. The van der Waals surface area contributed by atoms with Crippen LogP contribution < -0.4 is 10.5 Å². The second-order valence-corrected chi connectivity index (χ2v) is 6.74. The molecule has 0 radical (unpaired) electrons. The molecular formula is C16H20N2O2S. The zero-order chi connectivity index (χ0) is 15.3. The van der Waals surface area contributed by atoms with E-state index >= 15 is 0 Å². The smallest absolute Gasteiger partial charge is 0.236 e. The number of para-hydroxylation sites is 1. The minimum atomic E-state index is -3.45.